The van der Waals surface area contributed by atoms with Gasteiger partial charge in [-0.2, -0.15) is 0 Å². The first-order chi connectivity index (χ1) is 43.6. The Kier molecular flexibility index (Phi) is 62.2. The average Bonchev–Trinajstić information content (AvgIpc) is 3.67. The van der Waals surface area contributed by atoms with Gasteiger partial charge in [-0.3, -0.25) is 37.3 Å². The SMILES string of the molecule is CCCCCC/C=C\C=C/CCCCCCCC(=O)O[C@H](COC(=O)CCCCCCCCCCCCCCC)COP(=O)(O)OC[C@@H](O)COP(=O)(O)OC[C@@H](COC(=O)CCCCCCCCC(C)CC)OC(=O)CCCCCCCCCCCCCC. The Balaban J connectivity index is 5.29. The van der Waals surface area contributed by atoms with Crippen LogP contribution in [-0.2, 0) is 65.4 Å². The Labute approximate surface area is 548 Å². The molecule has 3 unspecified atom stereocenters. The summed E-state index contributed by atoms with van der Waals surface area (Å²) in [6.45, 7) is 7.15. The van der Waals surface area contributed by atoms with Gasteiger partial charge >= 0.3 is 39.5 Å². The van der Waals surface area contributed by atoms with E-state index in [0.717, 1.165) is 115 Å². The van der Waals surface area contributed by atoms with Crippen LogP contribution in [0.25, 0.3) is 0 Å². The maximum atomic E-state index is 13.0. The number of rotatable bonds is 69. The van der Waals surface area contributed by atoms with Gasteiger partial charge in [0.2, 0.25) is 0 Å². The van der Waals surface area contributed by atoms with E-state index >= 15 is 0 Å². The van der Waals surface area contributed by atoms with E-state index in [1.54, 1.807) is 0 Å². The lowest BCUT2D eigenvalue weighted by Gasteiger charge is -2.21. The summed E-state index contributed by atoms with van der Waals surface area (Å²) in [5, 5.41) is 10.6. The van der Waals surface area contributed by atoms with Gasteiger partial charge in [-0.1, -0.05) is 290 Å². The predicted octanol–water partition coefficient (Wildman–Crippen LogP) is 20.1. The molecule has 0 spiro atoms. The Bertz CT molecular complexity index is 1830. The number of hydrogen-bond donors (Lipinski definition) is 3. The third kappa shape index (κ3) is 63.0. The van der Waals surface area contributed by atoms with E-state index < -0.39 is 97.5 Å². The van der Waals surface area contributed by atoms with E-state index in [4.69, 9.17) is 37.0 Å². The fourth-order valence-electron chi connectivity index (χ4n) is 10.2. The molecule has 0 aromatic carbocycles. The molecule has 3 N–H and O–H groups in total. The second kappa shape index (κ2) is 63.9. The number of esters is 4. The normalized spacial score (nSPS) is 14.5. The van der Waals surface area contributed by atoms with Gasteiger partial charge in [0.1, 0.15) is 19.3 Å². The van der Waals surface area contributed by atoms with Crippen LogP contribution in [0.15, 0.2) is 24.3 Å². The van der Waals surface area contributed by atoms with Gasteiger partial charge in [0.05, 0.1) is 26.4 Å². The Morgan fingerprint density at radius 2 is 0.622 bits per heavy atom. The number of phosphoric ester groups is 2. The third-order valence-electron chi connectivity index (χ3n) is 16.3. The first kappa shape index (κ1) is 87.5. The molecule has 0 aliphatic rings. The fraction of sp³-hybridized carbons (Fsp3) is 0.887. The van der Waals surface area contributed by atoms with Crippen molar-refractivity contribution in [3.63, 3.8) is 0 Å². The molecule has 19 heteroatoms. The first-order valence-electron chi connectivity index (χ1n) is 36.5. The quantitative estimate of drug-likeness (QED) is 0.0169. The van der Waals surface area contributed by atoms with Crippen LogP contribution >= 0.6 is 15.6 Å². The Morgan fingerprint density at radius 1 is 0.356 bits per heavy atom. The maximum Gasteiger partial charge on any atom is 0.472 e. The van der Waals surface area contributed by atoms with Crippen LogP contribution in [0.2, 0.25) is 0 Å². The highest BCUT2D eigenvalue weighted by molar-refractivity contribution is 7.47. The number of unbranched alkanes of at least 4 members (excludes halogenated alkanes) is 37. The molecular weight excluding hydrogens is 1190 g/mol. The van der Waals surface area contributed by atoms with E-state index in [1.807, 2.05) is 0 Å². The highest BCUT2D eigenvalue weighted by Gasteiger charge is 2.30. The third-order valence-corrected chi connectivity index (χ3v) is 18.2. The van der Waals surface area contributed by atoms with Crippen molar-refractivity contribution in [1.82, 2.24) is 0 Å². The highest BCUT2D eigenvalue weighted by Crippen LogP contribution is 2.45. The van der Waals surface area contributed by atoms with Crippen LogP contribution in [-0.4, -0.2) is 96.7 Å². The molecule has 0 amide bonds. The first-order valence-corrected chi connectivity index (χ1v) is 39.5. The van der Waals surface area contributed by atoms with Crippen LogP contribution in [0.3, 0.4) is 0 Å². The summed E-state index contributed by atoms with van der Waals surface area (Å²) in [7, 11) is -9.91. The zero-order valence-electron chi connectivity index (χ0n) is 57.8. The van der Waals surface area contributed by atoms with Gasteiger partial charge in [-0.15, -0.1) is 0 Å². The standard InChI is InChI=1S/C71H134O17P2/c1-6-10-13-16-19-22-25-28-29-31-34-37-40-47-52-57-71(76)87-66(60-81-68(73)54-49-44-38-35-33-30-26-23-20-17-14-11-7-2)62-85-89(77,78)83-58-65(72)59-84-90(79,80)86-63-67(61-82-69(74)55-50-45-42-41-43-48-53-64(5)9-4)88-70(75)56-51-46-39-36-32-27-24-21-18-15-12-8-3/h22,25,28-29,64-67,72H,6-21,23-24,26-27,30-63H2,1-5H3,(H,77,78)(H,79,80)/b25-22-,29-28-/t64?,65-,66-,67-/m1/s1. The van der Waals surface area contributed by atoms with Crippen molar-refractivity contribution in [3.8, 4) is 0 Å². The summed E-state index contributed by atoms with van der Waals surface area (Å²) >= 11 is 0. The van der Waals surface area contributed by atoms with Crippen molar-refractivity contribution in [2.24, 2.45) is 5.92 Å². The molecule has 0 aromatic heterocycles. The van der Waals surface area contributed by atoms with E-state index in [2.05, 4.69) is 58.9 Å². The number of carbonyl (C=O) groups excluding carboxylic acids is 4. The van der Waals surface area contributed by atoms with Crippen molar-refractivity contribution < 1.29 is 80.2 Å². The zero-order chi connectivity index (χ0) is 66.3. The number of allylic oxidation sites excluding steroid dienone is 4. The van der Waals surface area contributed by atoms with Gasteiger partial charge in [0, 0.05) is 25.7 Å². The number of phosphoric acid groups is 2. The van der Waals surface area contributed by atoms with E-state index in [9.17, 15) is 43.2 Å². The van der Waals surface area contributed by atoms with E-state index in [1.165, 1.54) is 148 Å². The van der Waals surface area contributed by atoms with Crippen molar-refractivity contribution in [2.45, 2.75) is 361 Å². The lowest BCUT2D eigenvalue weighted by Crippen LogP contribution is -2.30. The summed E-state index contributed by atoms with van der Waals surface area (Å²) in [5.41, 5.74) is 0. The molecule has 17 nitrogen and oxygen atoms in total. The second-order valence-corrected chi connectivity index (χ2v) is 28.1. The molecule has 0 fully saturated rings. The van der Waals surface area contributed by atoms with Gasteiger partial charge in [-0.25, -0.2) is 9.13 Å². The van der Waals surface area contributed by atoms with Gasteiger partial charge in [0.25, 0.3) is 0 Å². The number of carbonyl (C=O) groups is 4. The smallest absolute Gasteiger partial charge is 0.462 e. The van der Waals surface area contributed by atoms with Crippen LogP contribution in [0.4, 0.5) is 0 Å². The average molecular weight is 1320 g/mol. The molecule has 0 saturated carbocycles. The van der Waals surface area contributed by atoms with Crippen molar-refractivity contribution in [3.05, 3.63) is 24.3 Å². The molecule has 90 heavy (non-hydrogen) atoms. The molecule has 6 atom stereocenters. The molecule has 0 aliphatic carbocycles. The maximum absolute atomic E-state index is 13.0. The summed E-state index contributed by atoms with van der Waals surface area (Å²) in [6.07, 6.45) is 53.4. The number of ether oxygens (including phenoxy) is 4. The minimum absolute atomic E-state index is 0.0854. The summed E-state index contributed by atoms with van der Waals surface area (Å²) in [5.74, 6) is -1.42. The summed E-state index contributed by atoms with van der Waals surface area (Å²) < 4.78 is 68.3. The molecule has 0 rings (SSSR count). The number of hydrogen-bond acceptors (Lipinski definition) is 15. The van der Waals surface area contributed by atoms with E-state index in [-0.39, 0.29) is 25.7 Å². The molecular formula is C71H134O17P2. The molecule has 0 bridgehead atoms. The van der Waals surface area contributed by atoms with Gasteiger partial charge < -0.3 is 33.8 Å². The Hall–Kier alpha value is -2.46. The molecule has 0 saturated heterocycles. The van der Waals surface area contributed by atoms with Crippen molar-refractivity contribution >= 4 is 39.5 Å². The Morgan fingerprint density at radius 3 is 0.944 bits per heavy atom. The van der Waals surface area contributed by atoms with Crippen molar-refractivity contribution in [2.75, 3.05) is 39.6 Å². The second-order valence-electron chi connectivity index (χ2n) is 25.2. The van der Waals surface area contributed by atoms with Crippen LogP contribution in [0.5, 0.6) is 0 Å². The molecule has 0 aliphatic heterocycles. The van der Waals surface area contributed by atoms with Crippen LogP contribution < -0.4 is 0 Å². The van der Waals surface area contributed by atoms with E-state index in [0.29, 0.717) is 25.7 Å². The summed E-state index contributed by atoms with van der Waals surface area (Å²) in [4.78, 5) is 72.5. The summed E-state index contributed by atoms with van der Waals surface area (Å²) in [6, 6.07) is 0. The van der Waals surface area contributed by atoms with Crippen LogP contribution in [0.1, 0.15) is 343 Å². The van der Waals surface area contributed by atoms with Crippen molar-refractivity contribution in [1.29, 1.82) is 0 Å². The number of aliphatic hydroxyl groups excluding tert-OH is 1. The highest BCUT2D eigenvalue weighted by atomic mass is 31.2. The topological polar surface area (TPSA) is 237 Å². The predicted molar refractivity (Wildman–Crippen MR) is 363 cm³/mol. The van der Waals surface area contributed by atoms with Crippen LogP contribution in [0, 0.1) is 5.92 Å². The lowest BCUT2D eigenvalue weighted by atomic mass is 10.00. The fourth-order valence-corrected chi connectivity index (χ4v) is 11.8. The zero-order valence-corrected chi connectivity index (χ0v) is 59.5. The largest absolute Gasteiger partial charge is 0.472 e. The minimum atomic E-state index is -4.96. The van der Waals surface area contributed by atoms with Gasteiger partial charge in [-0.05, 0) is 57.3 Å². The number of aliphatic hydroxyl groups is 1. The minimum Gasteiger partial charge on any atom is -0.462 e. The molecule has 0 aromatic rings. The molecule has 0 heterocycles. The lowest BCUT2D eigenvalue weighted by molar-refractivity contribution is -0.161. The monoisotopic (exact) mass is 1320 g/mol. The molecule has 530 valence electrons. The van der Waals surface area contributed by atoms with Gasteiger partial charge in [0.15, 0.2) is 12.2 Å². The molecule has 0 radical (unpaired) electrons.